The standard InChI is InChI=1S/C15H13ClN4S.Au.2ClH/c16-11-5-3-4-10(8-11)14-9-13(19-20(14)15(17)21)12-6-1-2-7-18-12;;;/h1-8,14H,9H2,(H2,17,21);;2*1H/q;+3;;/p-3. The summed E-state index contributed by atoms with van der Waals surface area (Å²) in [5.41, 5.74) is 2.63. The van der Waals surface area contributed by atoms with Crippen LogP contribution in [0.4, 0.5) is 0 Å². The number of halogens is 3. The van der Waals surface area contributed by atoms with Gasteiger partial charge in [0.1, 0.15) is 0 Å². The largest absolute Gasteiger partial charge is 3.00 e. The molecule has 1 aliphatic rings. The van der Waals surface area contributed by atoms with Gasteiger partial charge in [-0.25, -0.2) is 0 Å². The number of nitrogens with zero attached hydrogens (tertiary/aromatic N) is 3. The average Bonchev–Trinajstić information content (AvgIpc) is 2.93. The van der Waals surface area contributed by atoms with Gasteiger partial charge in [0.15, 0.2) is 0 Å². The summed E-state index contributed by atoms with van der Waals surface area (Å²) < 4.78 is 0. The van der Waals surface area contributed by atoms with E-state index in [4.69, 9.17) is 29.6 Å². The van der Waals surface area contributed by atoms with Crippen molar-refractivity contribution in [3.63, 3.8) is 0 Å². The molecule has 130 valence electrons. The fraction of sp³-hybridized carbons (Fsp3) is 0.133. The van der Waals surface area contributed by atoms with Gasteiger partial charge < -0.3 is 42.9 Å². The van der Waals surface area contributed by atoms with Crippen molar-refractivity contribution < 1.29 is 47.2 Å². The van der Waals surface area contributed by atoms with Crippen LogP contribution in [-0.4, -0.2) is 20.9 Å². The molecule has 1 aliphatic heterocycles. The Morgan fingerprint density at radius 3 is 2.54 bits per heavy atom. The summed E-state index contributed by atoms with van der Waals surface area (Å²) in [4.78, 5) is 4.31. The average molecular weight is 584 g/mol. The summed E-state index contributed by atoms with van der Waals surface area (Å²) in [6.45, 7) is 0. The number of hydrogen-bond acceptors (Lipinski definition) is 4. The van der Waals surface area contributed by atoms with Crippen molar-refractivity contribution in [3.8, 4) is 0 Å². The maximum absolute atomic E-state index is 7.76. The maximum Gasteiger partial charge on any atom is 3.00 e. The molecule has 4 nitrogen and oxygen atoms in total. The van der Waals surface area contributed by atoms with Gasteiger partial charge in [0.25, 0.3) is 0 Å². The molecule has 3 rings (SSSR count). The molecule has 0 amide bonds. The molecular formula is C15H12AuCl3N4S. The number of hydrogen-bond donors (Lipinski definition) is 1. The van der Waals surface area contributed by atoms with Gasteiger partial charge in [0.2, 0.25) is 0 Å². The summed E-state index contributed by atoms with van der Waals surface area (Å²) in [7, 11) is 0. The van der Waals surface area contributed by atoms with Crippen LogP contribution in [0.5, 0.6) is 0 Å². The Morgan fingerprint density at radius 2 is 1.96 bits per heavy atom. The predicted molar refractivity (Wildman–Crippen MR) is 86.5 cm³/mol. The molecule has 1 aromatic carbocycles. The third-order valence-electron chi connectivity index (χ3n) is 3.31. The molecule has 0 bridgehead atoms. The van der Waals surface area contributed by atoms with E-state index < -0.39 is 0 Å². The van der Waals surface area contributed by atoms with E-state index in [1.54, 1.807) is 11.2 Å². The second-order valence-corrected chi connectivity index (χ2v) is 5.51. The van der Waals surface area contributed by atoms with Gasteiger partial charge in [0.05, 0.1) is 17.4 Å². The van der Waals surface area contributed by atoms with Crippen LogP contribution in [0.3, 0.4) is 0 Å². The van der Waals surface area contributed by atoms with Gasteiger partial charge in [-0.15, -0.1) is 0 Å². The van der Waals surface area contributed by atoms with Crippen molar-refractivity contribution in [1.82, 2.24) is 9.99 Å². The zero-order valence-corrected chi connectivity index (χ0v) is 17.3. The molecule has 1 N–H and O–H groups in total. The molecule has 2 aromatic rings. The molecule has 0 saturated heterocycles. The summed E-state index contributed by atoms with van der Waals surface area (Å²) in [5, 5.41) is 14.4. The number of amidine groups is 1. The van der Waals surface area contributed by atoms with E-state index in [0.717, 1.165) is 17.0 Å². The number of pyridine rings is 1. The first-order chi connectivity index (χ1) is 10.1. The summed E-state index contributed by atoms with van der Waals surface area (Å²) >= 11 is 11.1. The van der Waals surface area contributed by atoms with Crippen LogP contribution in [0.1, 0.15) is 23.7 Å². The van der Waals surface area contributed by atoms with E-state index in [9.17, 15) is 0 Å². The monoisotopic (exact) mass is 582 g/mol. The van der Waals surface area contributed by atoms with E-state index >= 15 is 0 Å². The van der Waals surface area contributed by atoms with Crippen LogP contribution in [0.25, 0.3) is 0 Å². The Bertz CT molecular complexity index is 715. The van der Waals surface area contributed by atoms with Gasteiger partial charge in [-0.05, 0) is 35.0 Å². The summed E-state index contributed by atoms with van der Waals surface area (Å²) in [5.74, 6) is 0. The first-order valence-electron chi connectivity index (χ1n) is 6.44. The van der Waals surface area contributed by atoms with E-state index in [1.165, 1.54) is 0 Å². The van der Waals surface area contributed by atoms with Crippen molar-refractivity contribution >= 4 is 35.1 Å². The molecular weight excluding hydrogens is 572 g/mol. The van der Waals surface area contributed by atoms with E-state index in [-0.39, 0.29) is 58.4 Å². The smallest absolute Gasteiger partial charge is 1.00 e. The number of benzene rings is 1. The fourth-order valence-corrected chi connectivity index (χ4v) is 2.73. The van der Waals surface area contributed by atoms with E-state index in [0.29, 0.717) is 11.4 Å². The molecule has 9 heteroatoms. The topological polar surface area (TPSA) is 52.3 Å². The minimum atomic E-state index is -0.106. The van der Waals surface area contributed by atoms with Crippen molar-refractivity contribution in [2.24, 2.45) is 5.10 Å². The maximum atomic E-state index is 7.76. The van der Waals surface area contributed by atoms with Gasteiger partial charge in [-0.2, -0.15) is 5.10 Å². The number of nitrogens with one attached hydrogen (secondary N) is 1. The molecule has 1 atom stereocenters. The Kier molecular flexibility index (Phi) is 10.1. The Morgan fingerprint density at radius 1 is 1.21 bits per heavy atom. The number of aromatic nitrogens is 1. The molecule has 2 heterocycles. The minimum Gasteiger partial charge on any atom is -1.00 e. The molecule has 1 unspecified atom stereocenters. The first-order valence-corrected chi connectivity index (χ1v) is 7.23. The zero-order valence-electron chi connectivity index (χ0n) is 12.1. The van der Waals surface area contributed by atoms with Gasteiger partial charge in [-0.3, -0.25) is 9.99 Å². The van der Waals surface area contributed by atoms with Crippen LogP contribution < -0.4 is 24.8 Å². The number of rotatable bonds is 2. The minimum absolute atomic E-state index is 0. The molecule has 0 fully saturated rings. The van der Waals surface area contributed by atoms with Crippen LogP contribution in [0, 0.1) is 5.41 Å². The Hall–Kier alpha value is -0.660. The van der Waals surface area contributed by atoms with Gasteiger partial charge >= 0.3 is 22.4 Å². The molecule has 24 heavy (non-hydrogen) atoms. The quantitative estimate of drug-likeness (QED) is 0.182. The van der Waals surface area contributed by atoms with Gasteiger partial charge in [0, 0.05) is 17.6 Å². The van der Waals surface area contributed by atoms with Crippen molar-refractivity contribution in [2.45, 2.75) is 12.5 Å². The normalized spacial score (nSPS) is 15.5. The third-order valence-corrected chi connectivity index (χ3v) is 3.73. The third kappa shape index (κ3) is 5.17. The van der Waals surface area contributed by atoms with Crippen LogP contribution >= 0.6 is 11.6 Å². The van der Waals surface area contributed by atoms with Crippen LogP contribution in [0.2, 0.25) is 5.02 Å². The SMILES string of the molecule is N=C([S-])N1N=C(c2ccccn2)CC1c1cccc(Cl)c1.[Au+3].[Cl-].[Cl-]. The van der Waals surface area contributed by atoms with Crippen molar-refractivity contribution in [2.75, 3.05) is 0 Å². The second-order valence-electron chi connectivity index (χ2n) is 4.69. The van der Waals surface area contributed by atoms with E-state index in [1.807, 2.05) is 42.5 Å². The van der Waals surface area contributed by atoms with Crippen molar-refractivity contribution in [3.05, 3.63) is 64.9 Å². The molecule has 0 aliphatic carbocycles. The molecule has 0 radical (unpaired) electrons. The van der Waals surface area contributed by atoms with Crippen LogP contribution in [-0.2, 0) is 35.0 Å². The van der Waals surface area contributed by atoms with Crippen LogP contribution in [0.15, 0.2) is 53.8 Å². The predicted octanol–water partition coefficient (Wildman–Crippen LogP) is -2.63. The molecule has 0 saturated carbocycles. The Balaban J connectivity index is 0.00000176. The fourth-order valence-electron chi connectivity index (χ4n) is 2.36. The van der Waals surface area contributed by atoms with Gasteiger partial charge in [-0.1, -0.05) is 29.8 Å². The second kappa shape index (κ2) is 10.4. The molecule has 0 spiro atoms. The number of hydrazone groups is 1. The zero-order chi connectivity index (χ0) is 14.8. The molecule has 1 aromatic heterocycles. The van der Waals surface area contributed by atoms with E-state index in [2.05, 4.69) is 10.1 Å². The summed E-state index contributed by atoms with van der Waals surface area (Å²) in [6, 6.07) is 13.1. The first kappa shape index (κ1) is 23.3. The summed E-state index contributed by atoms with van der Waals surface area (Å²) in [6.07, 6.45) is 2.38. The van der Waals surface area contributed by atoms with Crippen molar-refractivity contribution in [1.29, 1.82) is 5.41 Å². The Labute approximate surface area is 179 Å².